The molecule has 2 aromatic rings. The fraction of sp³-hybridized carbons (Fsp3) is 0.429. The number of hydrogen-bond acceptors (Lipinski definition) is 5. The molecule has 0 aliphatic heterocycles. The number of benzene rings is 1. The molecule has 0 aliphatic carbocycles. The zero-order valence-electron chi connectivity index (χ0n) is 13.2. The molecular formula is C14H21N5O2S. The molecule has 0 spiro atoms. The van der Waals surface area contributed by atoms with Gasteiger partial charge in [0, 0.05) is 11.4 Å². The lowest BCUT2D eigenvalue weighted by molar-refractivity contribution is 0.347. The van der Waals surface area contributed by atoms with Gasteiger partial charge in [0.2, 0.25) is 10.0 Å². The Hall–Kier alpha value is -2.09. The second kappa shape index (κ2) is 5.96. The summed E-state index contributed by atoms with van der Waals surface area (Å²) in [5.74, 6) is 0. The SMILES string of the molecule is CC(C)(C)n1cc(CNc2ccc(NS(C)(=O)=O)cc2)nn1. The van der Waals surface area contributed by atoms with E-state index in [1.165, 1.54) is 0 Å². The molecule has 120 valence electrons. The number of nitrogens with one attached hydrogen (secondary N) is 2. The largest absolute Gasteiger partial charge is 0.379 e. The van der Waals surface area contributed by atoms with Crippen LogP contribution in [0.25, 0.3) is 0 Å². The van der Waals surface area contributed by atoms with Crippen LogP contribution in [-0.2, 0) is 22.1 Å². The summed E-state index contributed by atoms with van der Waals surface area (Å²) in [7, 11) is -3.25. The minimum Gasteiger partial charge on any atom is -0.379 e. The van der Waals surface area contributed by atoms with Gasteiger partial charge < -0.3 is 5.32 Å². The van der Waals surface area contributed by atoms with Crippen molar-refractivity contribution >= 4 is 21.4 Å². The molecule has 1 aromatic heterocycles. The van der Waals surface area contributed by atoms with Crippen LogP contribution >= 0.6 is 0 Å². The van der Waals surface area contributed by atoms with E-state index in [0.717, 1.165) is 17.6 Å². The Morgan fingerprint density at radius 2 is 1.73 bits per heavy atom. The molecule has 2 rings (SSSR count). The van der Waals surface area contributed by atoms with Crippen molar-refractivity contribution in [3.8, 4) is 0 Å². The van der Waals surface area contributed by atoms with Gasteiger partial charge in [-0.2, -0.15) is 0 Å². The van der Waals surface area contributed by atoms with Crippen LogP contribution < -0.4 is 10.0 Å². The van der Waals surface area contributed by atoms with Gasteiger partial charge >= 0.3 is 0 Å². The Kier molecular flexibility index (Phi) is 4.41. The van der Waals surface area contributed by atoms with Crippen molar-refractivity contribution in [3.63, 3.8) is 0 Å². The van der Waals surface area contributed by atoms with Crippen LogP contribution in [0.15, 0.2) is 30.5 Å². The maximum Gasteiger partial charge on any atom is 0.229 e. The predicted molar refractivity (Wildman–Crippen MR) is 87.3 cm³/mol. The average molecular weight is 323 g/mol. The van der Waals surface area contributed by atoms with E-state index in [0.29, 0.717) is 12.2 Å². The summed E-state index contributed by atoms with van der Waals surface area (Å²) in [5.41, 5.74) is 2.16. The van der Waals surface area contributed by atoms with Crippen LogP contribution in [0.1, 0.15) is 26.5 Å². The lowest BCUT2D eigenvalue weighted by Crippen LogP contribution is -2.22. The third-order valence-corrected chi connectivity index (χ3v) is 3.50. The van der Waals surface area contributed by atoms with E-state index in [1.807, 2.05) is 23.0 Å². The number of nitrogens with zero attached hydrogens (tertiary/aromatic N) is 3. The van der Waals surface area contributed by atoms with Gasteiger partial charge in [0.1, 0.15) is 5.69 Å². The molecule has 0 radical (unpaired) electrons. The Bertz CT molecular complexity index is 729. The van der Waals surface area contributed by atoms with Gasteiger partial charge in [-0.3, -0.25) is 4.72 Å². The van der Waals surface area contributed by atoms with Crippen molar-refractivity contribution in [2.24, 2.45) is 0 Å². The van der Waals surface area contributed by atoms with E-state index in [2.05, 4.69) is 41.1 Å². The molecular weight excluding hydrogens is 302 g/mol. The normalized spacial score (nSPS) is 12.2. The molecule has 7 nitrogen and oxygen atoms in total. The highest BCUT2D eigenvalue weighted by molar-refractivity contribution is 7.92. The molecule has 1 aromatic carbocycles. The summed E-state index contributed by atoms with van der Waals surface area (Å²) in [6.45, 7) is 6.74. The quantitative estimate of drug-likeness (QED) is 0.878. The van der Waals surface area contributed by atoms with Crippen molar-refractivity contribution in [3.05, 3.63) is 36.2 Å². The summed E-state index contributed by atoms with van der Waals surface area (Å²) in [6, 6.07) is 7.02. The standard InChI is InChI=1S/C14H21N5O2S/c1-14(2,3)19-10-13(16-18-19)9-15-11-5-7-12(8-6-11)17-22(4,20)21/h5-8,10,15,17H,9H2,1-4H3. The zero-order valence-corrected chi connectivity index (χ0v) is 14.0. The molecule has 0 fully saturated rings. The molecule has 8 heteroatoms. The van der Waals surface area contributed by atoms with Crippen molar-refractivity contribution in [2.45, 2.75) is 32.9 Å². The second-order valence-electron chi connectivity index (χ2n) is 6.13. The summed E-state index contributed by atoms with van der Waals surface area (Å²) >= 11 is 0. The van der Waals surface area contributed by atoms with Gasteiger partial charge in [-0.1, -0.05) is 5.21 Å². The van der Waals surface area contributed by atoms with Crippen LogP contribution in [0.5, 0.6) is 0 Å². The second-order valence-corrected chi connectivity index (χ2v) is 7.88. The maximum atomic E-state index is 11.1. The van der Waals surface area contributed by atoms with Gasteiger partial charge in [-0.15, -0.1) is 5.10 Å². The van der Waals surface area contributed by atoms with Crippen molar-refractivity contribution in [2.75, 3.05) is 16.3 Å². The summed E-state index contributed by atoms with van der Waals surface area (Å²) in [6.07, 6.45) is 3.03. The van der Waals surface area contributed by atoms with Crippen molar-refractivity contribution in [1.29, 1.82) is 0 Å². The van der Waals surface area contributed by atoms with Crippen LogP contribution in [0.4, 0.5) is 11.4 Å². The fourth-order valence-corrected chi connectivity index (χ4v) is 2.33. The first-order chi connectivity index (χ1) is 10.1. The van der Waals surface area contributed by atoms with E-state index in [1.54, 1.807) is 12.1 Å². The van der Waals surface area contributed by atoms with E-state index < -0.39 is 10.0 Å². The molecule has 0 unspecified atom stereocenters. The van der Waals surface area contributed by atoms with E-state index in [-0.39, 0.29) is 5.54 Å². The Labute approximate surface area is 130 Å². The third kappa shape index (κ3) is 4.73. The monoisotopic (exact) mass is 323 g/mol. The molecule has 1 heterocycles. The molecule has 0 atom stereocenters. The van der Waals surface area contributed by atoms with E-state index in [4.69, 9.17) is 0 Å². The summed E-state index contributed by atoms with van der Waals surface area (Å²) in [4.78, 5) is 0. The minimum atomic E-state index is -3.25. The first-order valence-electron chi connectivity index (χ1n) is 6.87. The highest BCUT2D eigenvalue weighted by Crippen LogP contribution is 2.16. The predicted octanol–water partition coefficient (Wildman–Crippen LogP) is 2.02. The van der Waals surface area contributed by atoms with Gasteiger partial charge in [0.15, 0.2) is 0 Å². The number of rotatable bonds is 5. The third-order valence-electron chi connectivity index (χ3n) is 2.89. The molecule has 22 heavy (non-hydrogen) atoms. The first-order valence-corrected chi connectivity index (χ1v) is 8.76. The van der Waals surface area contributed by atoms with Crippen LogP contribution in [-0.4, -0.2) is 29.7 Å². The zero-order chi connectivity index (χ0) is 16.4. The molecule has 2 N–H and O–H groups in total. The average Bonchev–Trinajstić information content (AvgIpc) is 2.85. The molecule has 0 saturated heterocycles. The Morgan fingerprint density at radius 3 is 2.23 bits per heavy atom. The van der Waals surface area contributed by atoms with Gasteiger partial charge in [0.05, 0.1) is 24.5 Å². The van der Waals surface area contributed by atoms with Gasteiger partial charge in [-0.25, -0.2) is 13.1 Å². The number of sulfonamides is 1. The topological polar surface area (TPSA) is 88.9 Å². The molecule has 0 amide bonds. The lowest BCUT2D eigenvalue weighted by atomic mass is 10.1. The van der Waals surface area contributed by atoms with Crippen LogP contribution in [0.2, 0.25) is 0 Å². The number of hydrogen-bond donors (Lipinski definition) is 2. The van der Waals surface area contributed by atoms with Gasteiger partial charge in [-0.05, 0) is 45.0 Å². The maximum absolute atomic E-state index is 11.1. The Balaban J connectivity index is 1.96. The first kappa shape index (κ1) is 16.3. The molecule has 0 aliphatic rings. The van der Waals surface area contributed by atoms with Crippen molar-refractivity contribution < 1.29 is 8.42 Å². The highest BCUT2D eigenvalue weighted by Gasteiger charge is 2.14. The molecule has 0 bridgehead atoms. The fourth-order valence-electron chi connectivity index (χ4n) is 1.77. The van der Waals surface area contributed by atoms with Crippen LogP contribution in [0.3, 0.4) is 0 Å². The van der Waals surface area contributed by atoms with Crippen molar-refractivity contribution in [1.82, 2.24) is 15.0 Å². The van der Waals surface area contributed by atoms with Gasteiger partial charge in [0.25, 0.3) is 0 Å². The number of anilines is 2. The molecule has 0 saturated carbocycles. The smallest absolute Gasteiger partial charge is 0.229 e. The minimum absolute atomic E-state index is 0.0930. The Morgan fingerprint density at radius 1 is 1.14 bits per heavy atom. The highest BCUT2D eigenvalue weighted by atomic mass is 32.2. The summed E-state index contributed by atoms with van der Waals surface area (Å²) in [5, 5.41) is 11.4. The van der Waals surface area contributed by atoms with E-state index in [9.17, 15) is 8.42 Å². The van der Waals surface area contributed by atoms with Crippen LogP contribution in [0, 0.1) is 0 Å². The number of aromatic nitrogens is 3. The summed E-state index contributed by atoms with van der Waals surface area (Å²) < 4.78 is 26.5. The van der Waals surface area contributed by atoms with E-state index >= 15 is 0 Å². The lowest BCUT2D eigenvalue weighted by Gasteiger charge is -2.17.